The summed E-state index contributed by atoms with van der Waals surface area (Å²) in [6.07, 6.45) is 0. The maximum Gasteiger partial charge on any atom is 0.341 e. The molecule has 2 aromatic heterocycles. The molecular formula is C21H24N4O5S2. The Hall–Kier alpha value is -3.05. The van der Waals surface area contributed by atoms with E-state index in [1.807, 2.05) is 38.2 Å². The van der Waals surface area contributed by atoms with Gasteiger partial charge in [0.25, 0.3) is 0 Å². The van der Waals surface area contributed by atoms with Crippen LogP contribution >= 0.6 is 23.1 Å². The van der Waals surface area contributed by atoms with Crippen LogP contribution in [0.3, 0.4) is 0 Å². The molecule has 0 radical (unpaired) electrons. The number of rotatable bonds is 10. The molecule has 170 valence electrons. The van der Waals surface area contributed by atoms with Gasteiger partial charge in [0, 0.05) is 11.9 Å². The molecule has 32 heavy (non-hydrogen) atoms. The summed E-state index contributed by atoms with van der Waals surface area (Å²) in [5, 5.41) is 12.1. The third-order valence-corrected chi connectivity index (χ3v) is 6.27. The molecule has 11 heteroatoms. The Labute approximate surface area is 194 Å². The summed E-state index contributed by atoms with van der Waals surface area (Å²) in [5.41, 5.74) is 0.365. The number of carbonyl (C=O) groups excluding carboxylic acids is 2. The topological polar surface area (TPSA) is 105 Å². The minimum atomic E-state index is -0.449. The zero-order chi connectivity index (χ0) is 23.1. The van der Waals surface area contributed by atoms with Crippen LogP contribution in [0.2, 0.25) is 0 Å². The zero-order valence-corrected chi connectivity index (χ0v) is 19.8. The van der Waals surface area contributed by atoms with Crippen molar-refractivity contribution in [3.63, 3.8) is 0 Å². The largest absolute Gasteiger partial charge is 0.497 e. The molecule has 9 nitrogen and oxygen atoms in total. The van der Waals surface area contributed by atoms with Crippen molar-refractivity contribution in [2.75, 3.05) is 24.8 Å². The van der Waals surface area contributed by atoms with Gasteiger partial charge in [0.2, 0.25) is 5.91 Å². The number of thiophene rings is 1. The van der Waals surface area contributed by atoms with Gasteiger partial charge in [0.05, 0.1) is 25.0 Å². The van der Waals surface area contributed by atoms with Gasteiger partial charge < -0.3 is 24.1 Å². The van der Waals surface area contributed by atoms with Gasteiger partial charge in [-0.1, -0.05) is 11.8 Å². The van der Waals surface area contributed by atoms with Gasteiger partial charge in [-0.2, -0.15) is 0 Å². The summed E-state index contributed by atoms with van der Waals surface area (Å²) >= 11 is 2.58. The molecule has 0 saturated heterocycles. The molecule has 0 unspecified atom stereocenters. The number of methoxy groups -OCH3 is 1. The molecule has 0 aliphatic rings. The summed E-state index contributed by atoms with van der Waals surface area (Å²) in [5.74, 6) is 1.48. The van der Waals surface area contributed by atoms with Gasteiger partial charge in [-0.25, -0.2) is 4.79 Å². The van der Waals surface area contributed by atoms with E-state index in [9.17, 15) is 9.59 Å². The number of carbonyl (C=O) groups is 2. The standard InChI is InChI=1S/C21H24N4O5S2/c1-5-29-20(27)16-10-13(2)32-19(16)22-18(26)12-31-21-24-23-17(25(21)3)11-30-15-8-6-14(28-4)7-9-15/h6-10H,5,11-12H2,1-4H3,(H,22,26). The maximum absolute atomic E-state index is 12.4. The van der Waals surface area contributed by atoms with E-state index in [1.54, 1.807) is 24.7 Å². The number of thioether (sulfide) groups is 1. The van der Waals surface area contributed by atoms with Crippen molar-refractivity contribution >= 4 is 40.0 Å². The molecule has 0 atom stereocenters. The highest BCUT2D eigenvalue weighted by atomic mass is 32.2. The number of nitrogens with zero attached hydrogens (tertiary/aromatic N) is 3. The van der Waals surface area contributed by atoms with Crippen molar-refractivity contribution in [1.29, 1.82) is 0 Å². The van der Waals surface area contributed by atoms with Crippen molar-refractivity contribution in [3.05, 3.63) is 46.6 Å². The first-order chi connectivity index (χ1) is 15.4. The number of aromatic nitrogens is 3. The molecule has 1 N–H and O–H groups in total. The van der Waals surface area contributed by atoms with Crippen LogP contribution in [0.5, 0.6) is 11.5 Å². The summed E-state index contributed by atoms with van der Waals surface area (Å²) in [6.45, 7) is 4.11. The van der Waals surface area contributed by atoms with Crippen LogP contribution in [0.4, 0.5) is 5.00 Å². The number of esters is 1. The SMILES string of the molecule is CCOC(=O)c1cc(C)sc1NC(=O)CSc1nnc(COc2ccc(OC)cc2)n1C. The summed E-state index contributed by atoms with van der Waals surface area (Å²) in [7, 11) is 3.42. The molecule has 0 aliphatic heterocycles. The monoisotopic (exact) mass is 476 g/mol. The van der Waals surface area contributed by atoms with Crippen LogP contribution in [-0.4, -0.2) is 46.1 Å². The van der Waals surface area contributed by atoms with Crippen molar-refractivity contribution < 1.29 is 23.8 Å². The molecule has 2 heterocycles. The number of aryl methyl sites for hydroxylation is 1. The van der Waals surface area contributed by atoms with E-state index in [-0.39, 0.29) is 24.9 Å². The summed E-state index contributed by atoms with van der Waals surface area (Å²) in [6, 6.07) is 8.96. The third-order valence-electron chi connectivity index (χ3n) is 4.29. The fraction of sp³-hybridized carbons (Fsp3) is 0.333. The molecule has 0 saturated carbocycles. The minimum Gasteiger partial charge on any atom is -0.497 e. The van der Waals surface area contributed by atoms with E-state index < -0.39 is 5.97 Å². The van der Waals surface area contributed by atoms with Crippen LogP contribution in [0, 0.1) is 6.92 Å². The number of amides is 1. The van der Waals surface area contributed by atoms with Gasteiger partial charge in [-0.3, -0.25) is 4.79 Å². The second-order valence-electron chi connectivity index (χ2n) is 6.58. The molecule has 1 amide bonds. The van der Waals surface area contributed by atoms with Gasteiger partial charge in [-0.05, 0) is 44.2 Å². The Kier molecular flexibility index (Phi) is 8.12. The maximum atomic E-state index is 12.4. The highest BCUT2D eigenvalue weighted by molar-refractivity contribution is 7.99. The van der Waals surface area contributed by atoms with Crippen LogP contribution in [0.25, 0.3) is 0 Å². The van der Waals surface area contributed by atoms with Gasteiger partial charge in [0.1, 0.15) is 23.1 Å². The lowest BCUT2D eigenvalue weighted by Gasteiger charge is -2.08. The number of benzene rings is 1. The van der Waals surface area contributed by atoms with Crippen molar-refractivity contribution in [3.8, 4) is 11.5 Å². The predicted octanol–water partition coefficient (Wildman–Crippen LogP) is 3.68. The van der Waals surface area contributed by atoms with Crippen LogP contribution < -0.4 is 14.8 Å². The van der Waals surface area contributed by atoms with E-state index in [2.05, 4.69) is 15.5 Å². The molecule has 1 aromatic carbocycles. The van der Waals surface area contributed by atoms with E-state index in [1.165, 1.54) is 23.1 Å². The smallest absolute Gasteiger partial charge is 0.341 e. The van der Waals surface area contributed by atoms with Crippen LogP contribution in [-0.2, 0) is 23.2 Å². The van der Waals surface area contributed by atoms with E-state index >= 15 is 0 Å². The fourth-order valence-electron chi connectivity index (χ4n) is 2.68. The Morgan fingerprint density at radius 1 is 1.19 bits per heavy atom. The second kappa shape index (κ2) is 11.0. The Morgan fingerprint density at radius 2 is 1.91 bits per heavy atom. The summed E-state index contributed by atoms with van der Waals surface area (Å²) in [4.78, 5) is 25.4. The lowest BCUT2D eigenvalue weighted by Crippen LogP contribution is -2.16. The van der Waals surface area contributed by atoms with Gasteiger partial charge >= 0.3 is 5.97 Å². The third kappa shape index (κ3) is 6.01. The number of anilines is 1. The molecule has 0 bridgehead atoms. The molecular weight excluding hydrogens is 452 g/mol. The first kappa shape index (κ1) is 23.6. The van der Waals surface area contributed by atoms with E-state index in [0.29, 0.717) is 27.3 Å². The Bertz CT molecular complexity index is 1080. The minimum absolute atomic E-state index is 0.116. The highest BCUT2D eigenvalue weighted by Crippen LogP contribution is 2.29. The van der Waals surface area contributed by atoms with Gasteiger partial charge in [-0.15, -0.1) is 21.5 Å². The molecule has 3 rings (SSSR count). The predicted molar refractivity (Wildman–Crippen MR) is 123 cm³/mol. The first-order valence-corrected chi connectivity index (χ1v) is 11.6. The van der Waals surface area contributed by atoms with Gasteiger partial charge in [0.15, 0.2) is 11.0 Å². The number of hydrogen-bond acceptors (Lipinski definition) is 9. The second-order valence-corrected chi connectivity index (χ2v) is 8.78. The lowest BCUT2D eigenvalue weighted by molar-refractivity contribution is -0.113. The van der Waals surface area contributed by atoms with Crippen molar-refractivity contribution in [2.24, 2.45) is 7.05 Å². The van der Waals surface area contributed by atoms with Crippen LogP contribution in [0.15, 0.2) is 35.5 Å². The fourth-order valence-corrected chi connectivity index (χ4v) is 4.32. The Balaban J connectivity index is 1.54. The van der Waals surface area contributed by atoms with Crippen LogP contribution in [0.1, 0.15) is 28.0 Å². The average molecular weight is 477 g/mol. The summed E-state index contributed by atoms with van der Waals surface area (Å²) < 4.78 is 17.7. The zero-order valence-electron chi connectivity index (χ0n) is 18.2. The molecule has 0 fully saturated rings. The average Bonchev–Trinajstić information content (AvgIpc) is 3.33. The first-order valence-electron chi connectivity index (χ1n) is 9.76. The highest BCUT2D eigenvalue weighted by Gasteiger charge is 2.19. The van der Waals surface area contributed by atoms with Crippen molar-refractivity contribution in [1.82, 2.24) is 14.8 Å². The number of nitrogens with one attached hydrogen (secondary N) is 1. The normalized spacial score (nSPS) is 10.6. The quantitative estimate of drug-likeness (QED) is 0.349. The molecule has 0 aliphatic carbocycles. The van der Waals surface area contributed by atoms with E-state index in [0.717, 1.165) is 10.6 Å². The molecule has 3 aromatic rings. The van der Waals surface area contributed by atoms with Crippen molar-refractivity contribution in [2.45, 2.75) is 25.6 Å². The number of ether oxygens (including phenoxy) is 3. The van der Waals surface area contributed by atoms with E-state index in [4.69, 9.17) is 14.2 Å². The lowest BCUT2D eigenvalue weighted by atomic mass is 10.3. The number of hydrogen-bond donors (Lipinski definition) is 1. The Morgan fingerprint density at radius 3 is 2.59 bits per heavy atom. The molecule has 0 spiro atoms.